The SMILES string of the molecule is c1ccc(-c2nc(-c3ccccc3)nc(-c3cccc(-c4cccc(-c5cccc(-c6cn(-c7ccncc7)c7ccc8ccccc8c67)c5)c4)c3)n2)cc1. The molecule has 0 bridgehead atoms. The second-order valence-electron chi connectivity index (χ2n) is 13.6. The van der Waals surface area contributed by atoms with Gasteiger partial charge in [0.1, 0.15) is 0 Å². The predicted molar refractivity (Wildman–Crippen MR) is 225 cm³/mol. The van der Waals surface area contributed by atoms with Crippen LogP contribution in [0.5, 0.6) is 0 Å². The Kier molecular flexibility index (Phi) is 8.08. The fourth-order valence-corrected chi connectivity index (χ4v) is 7.46. The molecule has 0 saturated heterocycles. The van der Waals surface area contributed by atoms with Gasteiger partial charge in [0.2, 0.25) is 0 Å². The van der Waals surface area contributed by atoms with Crippen LogP contribution in [0.4, 0.5) is 0 Å². The summed E-state index contributed by atoms with van der Waals surface area (Å²) in [6.07, 6.45) is 5.96. The lowest BCUT2D eigenvalue weighted by Crippen LogP contribution is -2.00. The molecular weight excluding hydrogens is 671 g/mol. The van der Waals surface area contributed by atoms with Crippen molar-refractivity contribution in [3.63, 3.8) is 0 Å². The minimum absolute atomic E-state index is 0.636. The third-order valence-electron chi connectivity index (χ3n) is 10.2. The number of rotatable bonds is 7. The number of fused-ring (bicyclic) bond motifs is 3. The van der Waals surface area contributed by atoms with Crippen molar-refractivity contribution in [1.29, 1.82) is 0 Å². The summed E-state index contributed by atoms with van der Waals surface area (Å²) in [6, 6.07) is 63.5. The zero-order valence-corrected chi connectivity index (χ0v) is 29.8. The van der Waals surface area contributed by atoms with Gasteiger partial charge in [-0.2, -0.15) is 0 Å². The highest BCUT2D eigenvalue weighted by Crippen LogP contribution is 2.39. The summed E-state index contributed by atoms with van der Waals surface area (Å²) in [5.41, 5.74) is 11.9. The van der Waals surface area contributed by atoms with E-state index in [4.69, 9.17) is 15.0 Å². The molecular formula is C50H33N5. The number of benzene rings is 7. The average Bonchev–Trinajstić information content (AvgIpc) is 3.68. The number of hydrogen-bond donors (Lipinski definition) is 0. The van der Waals surface area contributed by atoms with Crippen LogP contribution in [0.1, 0.15) is 0 Å². The molecule has 0 amide bonds. The Morgan fingerprint density at radius 1 is 0.364 bits per heavy atom. The van der Waals surface area contributed by atoms with Gasteiger partial charge >= 0.3 is 0 Å². The van der Waals surface area contributed by atoms with Crippen molar-refractivity contribution >= 4 is 21.7 Å². The highest BCUT2D eigenvalue weighted by Gasteiger charge is 2.16. The maximum atomic E-state index is 4.97. The zero-order valence-electron chi connectivity index (χ0n) is 29.8. The smallest absolute Gasteiger partial charge is 0.164 e. The van der Waals surface area contributed by atoms with E-state index in [0.717, 1.165) is 55.7 Å². The van der Waals surface area contributed by atoms with E-state index in [-0.39, 0.29) is 0 Å². The molecule has 0 N–H and O–H groups in total. The molecule has 0 aliphatic rings. The molecule has 0 fully saturated rings. The van der Waals surface area contributed by atoms with E-state index >= 15 is 0 Å². The summed E-state index contributed by atoms with van der Waals surface area (Å²) in [7, 11) is 0. The molecule has 0 aliphatic heterocycles. The van der Waals surface area contributed by atoms with Crippen molar-refractivity contribution in [3.8, 4) is 73.2 Å². The van der Waals surface area contributed by atoms with Gasteiger partial charge in [-0.3, -0.25) is 4.98 Å². The first-order valence-electron chi connectivity index (χ1n) is 18.4. The van der Waals surface area contributed by atoms with Crippen LogP contribution in [0.15, 0.2) is 201 Å². The highest BCUT2D eigenvalue weighted by molar-refractivity contribution is 6.14. The normalized spacial score (nSPS) is 11.3. The molecule has 10 aromatic rings. The van der Waals surface area contributed by atoms with Crippen LogP contribution in [-0.4, -0.2) is 24.5 Å². The van der Waals surface area contributed by atoms with Gasteiger partial charge in [-0.25, -0.2) is 15.0 Å². The summed E-state index contributed by atoms with van der Waals surface area (Å²) in [5.74, 6) is 1.93. The van der Waals surface area contributed by atoms with Gasteiger partial charge in [0.05, 0.1) is 5.52 Å². The van der Waals surface area contributed by atoms with Crippen LogP contribution < -0.4 is 0 Å². The van der Waals surface area contributed by atoms with E-state index in [1.165, 1.54) is 21.7 Å². The fourth-order valence-electron chi connectivity index (χ4n) is 7.46. The van der Waals surface area contributed by atoms with Gasteiger partial charge in [-0.15, -0.1) is 0 Å². The summed E-state index contributed by atoms with van der Waals surface area (Å²) in [5, 5.41) is 3.70. The molecule has 0 spiro atoms. The number of hydrogen-bond acceptors (Lipinski definition) is 4. The monoisotopic (exact) mass is 703 g/mol. The van der Waals surface area contributed by atoms with Crippen LogP contribution in [0.3, 0.4) is 0 Å². The van der Waals surface area contributed by atoms with Crippen molar-refractivity contribution in [2.45, 2.75) is 0 Å². The van der Waals surface area contributed by atoms with E-state index in [2.05, 4.69) is 137 Å². The first-order chi connectivity index (χ1) is 27.2. The van der Waals surface area contributed by atoms with Crippen LogP contribution in [0.25, 0.3) is 94.9 Å². The van der Waals surface area contributed by atoms with E-state index < -0.39 is 0 Å². The summed E-state index contributed by atoms with van der Waals surface area (Å²) < 4.78 is 2.27. The van der Waals surface area contributed by atoms with Gasteiger partial charge in [0.25, 0.3) is 0 Å². The molecule has 0 saturated carbocycles. The Labute approximate surface area is 318 Å². The Morgan fingerprint density at radius 2 is 0.836 bits per heavy atom. The summed E-state index contributed by atoms with van der Waals surface area (Å²) in [4.78, 5) is 19.1. The largest absolute Gasteiger partial charge is 0.316 e. The molecule has 5 nitrogen and oxygen atoms in total. The molecule has 7 aromatic carbocycles. The van der Waals surface area contributed by atoms with Crippen molar-refractivity contribution in [3.05, 3.63) is 201 Å². The molecule has 5 heteroatoms. The minimum Gasteiger partial charge on any atom is -0.316 e. The van der Waals surface area contributed by atoms with Gasteiger partial charge < -0.3 is 4.57 Å². The Balaban J connectivity index is 1.05. The molecule has 0 atom stereocenters. The predicted octanol–water partition coefficient (Wildman–Crippen LogP) is 12.4. The maximum absolute atomic E-state index is 4.97. The molecule has 0 radical (unpaired) electrons. The lowest BCUT2D eigenvalue weighted by Gasteiger charge is -2.11. The summed E-state index contributed by atoms with van der Waals surface area (Å²) in [6.45, 7) is 0. The molecule has 3 aromatic heterocycles. The van der Waals surface area contributed by atoms with Crippen LogP contribution in [0, 0.1) is 0 Å². The van der Waals surface area contributed by atoms with Gasteiger partial charge in [0.15, 0.2) is 17.5 Å². The first kappa shape index (κ1) is 32.2. The van der Waals surface area contributed by atoms with E-state index in [0.29, 0.717) is 17.5 Å². The standard InChI is InChI=1S/C50H33N5/c1-3-13-35(14-4-1)48-52-49(36-15-5-2-6-16-36)54-50(53-48)42-22-11-20-40(32-42)38-18-9-17-37(30-38)39-19-10-21-41(31-39)45-33-55(43-26-28-51-29-27-43)46-25-24-34-12-7-8-23-44(34)47(45)46/h1-33H. The topological polar surface area (TPSA) is 56.5 Å². The number of nitrogens with zero attached hydrogens (tertiary/aromatic N) is 5. The lowest BCUT2D eigenvalue weighted by molar-refractivity contribution is 1.07. The van der Waals surface area contributed by atoms with Gasteiger partial charge in [-0.05, 0) is 75.0 Å². The van der Waals surface area contributed by atoms with Gasteiger partial charge in [-0.1, -0.05) is 146 Å². The van der Waals surface area contributed by atoms with Crippen molar-refractivity contribution < 1.29 is 0 Å². The van der Waals surface area contributed by atoms with E-state index in [1.807, 2.05) is 73.1 Å². The fraction of sp³-hybridized carbons (Fsp3) is 0. The minimum atomic E-state index is 0.636. The second kappa shape index (κ2) is 13.8. The molecule has 10 rings (SSSR count). The Hall–Kier alpha value is -7.50. The third-order valence-corrected chi connectivity index (χ3v) is 10.2. The summed E-state index contributed by atoms with van der Waals surface area (Å²) >= 11 is 0. The Bertz CT molecular complexity index is 2910. The van der Waals surface area contributed by atoms with Crippen molar-refractivity contribution in [2.75, 3.05) is 0 Å². The molecule has 0 aliphatic carbocycles. The second-order valence-corrected chi connectivity index (χ2v) is 13.6. The number of pyridine rings is 1. The molecule has 3 heterocycles. The van der Waals surface area contributed by atoms with E-state index in [9.17, 15) is 0 Å². The van der Waals surface area contributed by atoms with Crippen LogP contribution >= 0.6 is 0 Å². The van der Waals surface area contributed by atoms with Crippen LogP contribution in [-0.2, 0) is 0 Å². The highest BCUT2D eigenvalue weighted by atomic mass is 15.0. The van der Waals surface area contributed by atoms with Crippen molar-refractivity contribution in [1.82, 2.24) is 24.5 Å². The zero-order chi connectivity index (χ0) is 36.6. The quantitative estimate of drug-likeness (QED) is 0.166. The Morgan fingerprint density at radius 3 is 1.45 bits per heavy atom. The third kappa shape index (κ3) is 6.14. The van der Waals surface area contributed by atoms with Crippen LogP contribution in [0.2, 0.25) is 0 Å². The molecule has 55 heavy (non-hydrogen) atoms. The van der Waals surface area contributed by atoms with E-state index in [1.54, 1.807) is 0 Å². The molecule has 258 valence electrons. The number of aromatic nitrogens is 5. The maximum Gasteiger partial charge on any atom is 0.164 e. The van der Waals surface area contributed by atoms with Crippen molar-refractivity contribution in [2.24, 2.45) is 0 Å². The molecule has 0 unspecified atom stereocenters. The van der Waals surface area contributed by atoms with Gasteiger partial charge in [0, 0.05) is 51.9 Å². The first-order valence-corrected chi connectivity index (χ1v) is 18.4. The lowest BCUT2D eigenvalue weighted by atomic mass is 9.94. The average molecular weight is 704 g/mol.